The van der Waals surface area contributed by atoms with Crippen LogP contribution in [0.3, 0.4) is 0 Å². The molecular weight excluding hydrogens is 384 g/mol. The first-order valence-electron chi connectivity index (χ1n) is 9.31. The van der Waals surface area contributed by atoms with Gasteiger partial charge in [0.05, 0.1) is 6.10 Å². The van der Waals surface area contributed by atoms with Crippen molar-refractivity contribution in [1.82, 2.24) is 0 Å². The summed E-state index contributed by atoms with van der Waals surface area (Å²) in [4.78, 5) is 12.0. The van der Waals surface area contributed by atoms with E-state index in [0.717, 1.165) is 5.56 Å². The Morgan fingerprint density at radius 1 is 0.821 bits per heavy atom. The van der Waals surface area contributed by atoms with E-state index in [0.29, 0.717) is 5.56 Å². The number of hydrogen-bond donors (Lipinski definition) is 0. The molecule has 2 nitrogen and oxygen atoms in total. The molecule has 0 aliphatic rings. The highest BCUT2D eigenvalue weighted by molar-refractivity contribution is 6.80. The highest BCUT2D eigenvalue weighted by Gasteiger charge is 2.34. The zero-order chi connectivity index (χ0) is 20.1. The highest BCUT2D eigenvalue weighted by Crippen LogP contribution is 2.38. The molecular formula is C24H24ClO2Si. The van der Waals surface area contributed by atoms with Gasteiger partial charge in [0, 0.05) is 5.56 Å². The second kappa shape index (κ2) is 8.87. The Morgan fingerprint density at radius 3 is 1.75 bits per heavy atom. The van der Waals surface area contributed by atoms with Crippen LogP contribution in [0.25, 0.3) is 0 Å². The van der Waals surface area contributed by atoms with Gasteiger partial charge < -0.3 is 4.43 Å². The van der Waals surface area contributed by atoms with Gasteiger partial charge in [0.1, 0.15) is 0 Å². The summed E-state index contributed by atoms with van der Waals surface area (Å²) < 4.78 is 6.86. The largest absolute Gasteiger partial charge is 0.400 e. The van der Waals surface area contributed by atoms with Gasteiger partial charge >= 0.3 is 0 Å². The van der Waals surface area contributed by atoms with Crippen LogP contribution >= 0.6 is 11.6 Å². The zero-order valence-electron chi connectivity index (χ0n) is 16.4. The molecule has 1 unspecified atom stereocenters. The van der Waals surface area contributed by atoms with Crippen LogP contribution in [0.4, 0.5) is 0 Å². The standard InChI is InChI=1S/C24H24ClO2Si/c1-24(2,3)22(20-16-10-11-17-21(20)23(25)26)27-28(18-12-6-4-7-13-18)19-14-8-5-9-15-19/h4-17,22H,1-3H3. The summed E-state index contributed by atoms with van der Waals surface area (Å²) in [6, 6.07) is 28.1. The Balaban J connectivity index is 2.09. The number of rotatable bonds is 6. The highest BCUT2D eigenvalue weighted by atomic mass is 35.5. The molecule has 143 valence electrons. The fourth-order valence-corrected chi connectivity index (χ4v) is 5.70. The first-order valence-corrected chi connectivity index (χ1v) is 11.1. The van der Waals surface area contributed by atoms with E-state index in [-0.39, 0.29) is 11.5 Å². The minimum absolute atomic E-state index is 0.220. The maximum atomic E-state index is 12.0. The molecule has 0 aliphatic carbocycles. The van der Waals surface area contributed by atoms with Crippen LogP contribution in [0.5, 0.6) is 0 Å². The van der Waals surface area contributed by atoms with Crippen molar-refractivity contribution >= 4 is 36.3 Å². The van der Waals surface area contributed by atoms with Crippen molar-refractivity contribution in [1.29, 1.82) is 0 Å². The molecule has 0 bridgehead atoms. The second-order valence-electron chi connectivity index (χ2n) is 7.79. The van der Waals surface area contributed by atoms with Gasteiger partial charge in [0.15, 0.2) is 0 Å². The third-order valence-corrected chi connectivity index (χ3v) is 6.94. The minimum atomic E-state index is -1.52. The van der Waals surface area contributed by atoms with E-state index in [2.05, 4.69) is 45.0 Å². The van der Waals surface area contributed by atoms with E-state index in [1.165, 1.54) is 10.4 Å². The molecule has 1 atom stereocenters. The van der Waals surface area contributed by atoms with Gasteiger partial charge in [-0.05, 0) is 39.0 Å². The van der Waals surface area contributed by atoms with E-state index in [4.69, 9.17) is 16.0 Å². The lowest BCUT2D eigenvalue weighted by molar-refractivity contribution is 0.0873. The molecule has 0 spiro atoms. The molecule has 0 N–H and O–H groups in total. The second-order valence-corrected chi connectivity index (χ2v) is 10.2. The van der Waals surface area contributed by atoms with Crippen LogP contribution < -0.4 is 10.4 Å². The normalized spacial score (nSPS) is 12.8. The number of halogens is 1. The van der Waals surface area contributed by atoms with E-state index < -0.39 is 14.3 Å². The summed E-state index contributed by atoms with van der Waals surface area (Å²) in [5.41, 5.74) is 1.12. The van der Waals surface area contributed by atoms with Crippen LogP contribution in [0.15, 0.2) is 84.9 Å². The van der Waals surface area contributed by atoms with Crippen molar-refractivity contribution in [2.24, 2.45) is 5.41 Å². The lowest BCUT2D eigenvalue weighted by Gasteiger charge is -2.35. The monoisotopic (exact) mass is 407 g/mol. The van der Waals surface area contributed by atoms with Gasteiger partial charge in [-0.1, -0.05) is 99.6 Å². The molecule has 0 aliphatic heterocycles. The third kappa shape index (κ3) is 4.79. The van der Waals surface area contributed by atoms with Crippen LogP contribution in [0.1, 0.15) is 42.8 Å². The number of benzene rings is 3. The fraction of sp³-hybridized carbons (Fsp3) is 0.208. The lowest BCUT2D eigenvalue weighted by Crippen LogP contribution is -2.47. The van der Waals surface area contributed by atoms with E-state index >= 15 is 0 Å². The van der Waals surface area contributed by atoms with E-state index in [9.17, 15) is 4.79 Å². The van der Waals surface area contributed by atoms with Gasteiger partial charge in [0.25, 0.3) is 14.3 Å². The van der Waals surface area contributed by atoms with Crippen LogP contribution in [-0.4, -0.2) is 14.3 Å². The molecule has 3 aromatic carbocycles. The van der Waals surface area contributed by atoms with Gasteiger partial charge in [-0.3, -0.25) is 4.79 Å². The molecule has 4 heteroatoms. The lowest BCUT2D eigenvalue weighted by atomic mass is 9.83. The maximum Gasteiger partial charge on any atom is 0.283 e. The molecule has 0 saturated carbocycles. The van der Waals surface area contributed by atoms with E-state index in [1.54, 1.807) is 6.07 Å². The first-order chi connectivity index (χ1) is 13.4. The smallest absolute Gasteiger partial charge is 0.283 e. The summed E-state index contributed by atoms with van der Waals surface area (Å²) in [7, 11) is -1.52. The topological polar surface area (TPSA) is 26.3 Å². The summed E-state index contributed by atoms with van der Waals surface area (Å²) in [6.45, 7) is 6.38. The molecule has 0 saturated heterocycles. The number of hydrogen-bond acceptors (Lipinski definition) is 2. The maximum absolute atomic E-state index is 12.0. The zero-order valence-corrected chi connectivity index (χ0v) is 18.1. The van der Waals surface area contributed by atoms with Gasteiger partial charge in [0.2, 0.25) is 0 Å². The van der Waals surface area contributed by atoms with Crippen LogP contribution in [0.2, 0.25) is 0 Å². The van der Waals surface area contributed by atoms with Crippen LogP contribution in [-0.2, 0) is 4.43 Å². The molecule has 0 aromatic heterocycles. The Bertz CT molecular complexity index is 881. The van der Waals surface area contributed by atoms with Crippen molar-refractivity contribution < 1.29 is 9.22 Å². The summed E-state index contributed by atoms with van der Waals surface area (Å²) in [5.74, 6) is 0. The summed E-state index contributed by atoms with van der Waals surface area (Å²) in [5, 5.41) is 1.88. The molecule has 0 fully saturated rings. The first kappa shape index (κ1) is 20.5. The quantitative estimate of drug-likeness (QED) is 0.425. The predicted molar refractivity (Wildman–Crippen MR) is 118 cm³/mol. The van der Waals surface area contributed by atoms with Crippen molar-refractivity contribution in [2.45, 2.75) is 26.9 Å². The predicted octanol–water partition coefficient (Wildman–Crippen LogP) is 4.98. The molecule has 1 radical (unpaired) electrons. The Hall–Kier alpha value is -2.20. The average Bonchev–Trinajstić information content (AvgIpc) is 2.69. The Labute approximate surface area is 173 Å². The summed E-state index contributed by atoms with van der Waals surface area (Å²) in [6.07, 6.45) is -0.277. The van der Waals surface area contributed by atoms with E-state index in [1.807, 2.05) is 54.6 Å². The summed E-state index contributed by atoms with van der Waals surface area (Å²) >= 11 is 5.89. The third-order valence-electron chi connectivity index (χ3n) is 4.55. The Morgan fingerprint density at radius 2 is 1.29 bits per heavy atom. The average molecular weight is 408 g/mol. The van der Waals surface area contributed by atoms with Gasteiger partial charge in [-0.15, -0.1) is 0 Å². The molecule has 0 amide bonds. The minimum Gasteiger partial charge on any atom is -0.400 e. The molecule has 3 rings (SSSR count). The van der Waals surface area contributed by atoms with Crippen LogP contribution in [0, 0.1) is 5.41 Å². The Kier molecular flexibility index (Phi) is 6.50. The molecule has 0 heterocycles. The molecule has 3 aromatic rings. The number of carbonyl (C=O) groups is 1. The fourth-order valence-electron chi connectivity index (χ4n) is 3.21. The van der Waals surface area contributed by atoms with Crippen molar-refractivity contribution in [2.75, 3.05) is 0 Å². The van der Waals surface area contributed by atoms with Gasteiger partial charge in [-0.2, -0.15) is 0 Å². The van der Waals surface area contributed by atoms with Crippen molar-refractivity contribution in [3.05, 3.63) is 96.1 Å². The van der Waals surface area contributed by atoms with Crippen molar-refractivity contribution in [3.8, 4) is 0 Å². The van der Waals surface area contributed by atoms with Crippen molar-refractivity contribution in [3.63, 3.8) is 0 Å². The molecule has 28 heavy (non-hydrogen) atoms. The van der Waals surface area contributed by atoms with Gasteiger partial charge in [-0.25, -0.2) is 0 Å². The number of carbonyl (C=O) groups excluding carboxylic acids is 1. The SMILES string of the molecule is CC(C)(C)C(O[Si](c1ccccc1)c1ccccc1)c1ccccc1C(=O)Cl.